The van der Waals surface area contributed by atoms with Crippen LogP contribution in [0.4, 0.5) is 4.39 Å². The van der Waals surface area contributed by atoms with Gasteiger partial charge in [-0.15, -0.1) is 11.3 Å². The molecule has 5 rings (SSSR count). The van der Waals surface area contributed by atoms with Crippen molar-refractivity contribution in [3.05, 3.63) is 83.4 Å². The monoisotopic (exact) mass is 373 g/mol. The summed E-state index contributed by atoms with van der Waals surface area (Å²) in [4.78, 5) is 9.30. The molecular formula is C22H16FN3S. The highest BCUT2D eigenvalue weighted by atomic mass is 32.1. The van der Waals surface area contributed by atoms with Crippen molar-refractivity contribution in [1.29, 1.82) is 0 Å². The summed E-state index contributed by atoms with van der Waals surface area (Å²) in [6, 6.07) is 17.0. The highest BCUT2D eigenvalue weighted by molar-refractivity contribution is 7.18. The Bertz CT molecular complexity index is 1240. The molecule has 132 valence electrons. The van der Waals surface area contributed by atoms with E-state index >= 15 is 0 Å². The van der Waals surface area contributed by atoms with Crippen LogP contribution in [0.15, 0.2) is 67.0 Å². The van der Waals surface area contributed by atoms with E-state index in [-0.39, 0.29) is 5.82 Å². The van der Waals surface area contributed by atoms with E-state index in [0.717, 1.165) is 21.8 Å². The second kappa shape index (κ2) is 6.28. The summed E-state index contributed by atoms with van der Waals surface area (Å²) in [6.07, 6.45) is 4.04. The van der Waals surface area contributed by atoms with E-state index in [4.69, 9.17) is 4.98 Å². The third kappa shape index (κ3) is 3.00. The molecule has 3 heterocycles. The zero-order chi connectivity index (χ0) is 18.4. The van der Waals surface area contributed by atoms with E-state index in [0.29, 0.717) is 17.8 Å². The minimum Gasteiger partial charge on any atom is -0.347 e. The number of fused-ring (bicyclic) bond motifs is 2. The van der Waals surface area contributed by atoms with Crippen molar-refractivity contribution >= 4 is 21.6 Å². The van der Waals surface area contributed by atoms with Gasteiger partial charge in [0.25, 0.3) is 0 Å². The molecule has 1 aromatic heterocycles. The number of benzene rings is 2. The maximum atomic E-state index is 14.0. The van der Waals surface area contributed by atoms with Gasteiger partial charge in [-0.1, -0.05) is 18.2 Å². The molecule has 2 aromatic carbocycles. The Labute approximate surface area is 160 Å². The van der Waals surface area contributed by atoms with Crippen molar-refractivity contribution in [3.8, 4) is 22.5 Å². The van der Waals surface area contributed by atoms with Gasteiger partial charge in [-0.3, -0.25) is 0 Å². The highest BCUT2D eigenvalue weighted by Crippen LogP contribution is 2.30. The summed E-state index contributed by atoms with van der Waals surface area (Å²) in [5.41, 5.74) is 5.34. The molecule has 3 nitrogen and oxygen atoms in total. The summed E-state index contributed by atoms with van der Waals surface area (Å²) in [5, 5.41) is 1.06. The summed E-state index contributed by atoms with van der Waals surface area (Å²) in [6.45, 7) is 2.80. The lowest BCUT2D eigenvalue weighted by molar-refractivity contribution is 0.631. The van der Waals surface area contributed by atoms with Gasteiger partial charge in [0.2, 0.25) is 0 Å². The van der Waals surface area contributed by atoms with Gasteiger partial charge < -0.3 is 4.57 Å². The molecule has 0 radical (unpaired) electrons. The molecule has 0 spiro atoms. The van der Waals surface area contributed by atoms with Crippen LogP contribution >= 0.6 is 11.3 Å². The van der Waals surface area contributed by atoms with E-state index in [1.807, 2.05) is 30.6 Å². The van der Waals surface area contributed by atoms with Crippen molar-refractivity contribution in [2.75, 3.05) is 0 Å². The fraction of sp³-hybridized carbons (Fsp3) is 0.0909. The molecule has 0 saturated carbocycles. The SMILES string of the molecule is Cc1ccc2nc(Cn3ccc4nc(-c5ccccc5F)cc-4c3)sc2c1. The number of halogens is 1. The standard InChI is InChI=1S/C22H16FN3S/c1-14-6-7-19-21(10-14)27-22(25-19)13-26-9-8-18-15(12-26)11-20(24-18)16-4-2-3-5-17(16)23/h2-12H,13H2,1H3. The van der Waals surface area contributed by atoms with Gasteiger partial charge in [-0.25, -0.2) is 14.4 Å². The van der Waals surface area contributed by atoms with Crippen molar-refractivity contribution in [3.63, 3.8) is 0 Å². The van der Waals surface area contributed by atoms with Gasteiger partial charge in [0.05, 0.1) is 28.1 Å². The van der Waals surface area contributed by atoms with Crippen LogP contribution in [-0.2, 0) is 6.54 Å². The Morgan fingerprint density at radius 2 is 1.89 bits per heavy atom. The van der Waals surface area contributed by atoms with Crippen LogP contribution in [0.5, 0.6) is 0 Å². The zero-order valence-corrected chi connectivity index (χ0v) is 15.5. The first-order chi connectivity index (χ1) is 13.2. The van der Waals surface area contributed by atoms with Gasteiger partial charge in [0.1, 0.15) is 10.8 Å². The molecule has 2 aliphatic heterocycles. The molecule has 0 N–H and O–H groups in total. The number of hydrogen-bond donors (Lipinski definition) is 0. The normalized spacial score (nSPS) is 11.5. The zero-order valence-electron chi connectivity index (χ0n) is 14.7. The maximum Gasteiger partial charge on any atom is 0.132 e. The van der Waals surface area contributed by atoms with Crippen molar-refractivity contribution in [1.82, 2.24) is 14.5 Å². The number of thiazole rings is 1. The maximum absolute atomic E-state index is 14.0. The van der Waals surface area contributed by atoms with Gasteiger partial charge in [-0.2, -0.15) is 0 Å². The van der Waals surface area contributed by atoms with Gasteiger partial charge in [-0.05, 0) is 48.9 Å². The van der Waals surface area contributed by atoms with E-state index in [1.54, 1.807) is 23.5 Å². The van der Waals surface area contributed by atoms with Gasteiger partial charge in [0, 0.05) is 23.5 Å². The molecule has 0 fully saturated rings. The molecule has 0 bridgehead atoms. The predicted molar refractivity (Wildman–Crippen MR) is 108 cm³/mol. The third-order valence-corrected chi connectivity index (χ3v) is 5.62. The molecular weight excluding hydrogens is 357 g/mol. The molecule has 0 unspecified atom stereocenters. The molecule has 27 heavy (non-hydrogen) atoms. The summed E-state index contributed by atoms with van der Waals surface area (Å²) in [7, 11) is 0. The van der Waals surface area contributed by atoms with Crippen LogP contribution in [0.2, 0.25) is 0 Å². The number of pyridine rings is 1. The van der Waals surface area contributed by atoms with E-state index in [2.05, 4.69) is 34.7 Å². The summed E-state index contributed by atoms with van der Waals surface area (Å²) >= 11 is 1.72. The highest BCUT2D eigenvalue weighted by Gasteiger charge is 2.13. The predicted octanol–water partition coefficient (Wildman–Crippen LogP) is 5.76. The van der Waals surface area contributed by atoms with Crippen LogP contribution in [0.1, 0.15) is 10.6 Å². The average molecular weight is 373 g/mol. The lowest BCUT2D eigenvalue weighted by Crippen LogP contribution is -1.99. The molecule has 2 aliphatic rings. The Balaban J connectivity index is 1.49. The van der Waals surface area contributed by atoms with E-state index in [1.165, 1.54) is 16.3 Å². The lowest BCUT2D eigenvalue weighted by atomic mass is 10.1. The smallest absolute Gasteiger partial charge is 0.132 e. The fourth-order valence-electron chi connectivity index (χ4n) is 3.28. The Morgan fingerprint density at radius 3 is 2.78 bits per heavy atom. The summed E-state index contributed by atoms with van der Waals surface area (Å²) in [5.74, 6) is -0.252. The van der Waals surface area contributed by atoms with Crippen LogP contribution in [-0.4, -0.2) is 14.5 Å². The number of rotatable bonds is 3. The molecule has 0 atom stereocenters. The number of aryl methyl sites for hydroxylation is 1. The van der Waals surface area contributed by atoms with Gasteiger partial charge in [0.15, 0.2) is 0 Å². The first kappa shape index (κ1) is 16.1. The number of aromatic nitrogens is 3. The minimum absolute atomic E-state index is 0.252. The second-order valence-corrected chi connectivity index (χ2v) is 7.77. The van der Waals surface area contributed by atoms with E-state index < -0.39 is 0 Å². The topological polar surface area (TPSA) is 30.7 Å². The number of hydrogen-bond acceptors (Lipinski definition) is 3. The van der Waals surface area contributed by atoms with Gasteiger partial charge >= 0.3 is 0 Å². The largest absolute Gasteiger partial charge is 0.347 e. The van der Waals surface area contributed by atoms with Crippen molar-refractivity contribution < 1.29 is 4.39 Å². The molecule has 0 saturated heterocycles. The van der Waals surface area contributed by atoms with Crippen LogP contribution in [0.25, 0.3) is 32.7 Å². The van der Waals surface area contributed by atoms with Crippen molar-refractivity contribution in [2.24, 2.45) is 0 Å². The molecule has 5 heteroatoms. The average Bonchev–Trinajstić information content (AvgIpc) is 3.24. The van der Waals surface area contributed by atoms with Crippen LogP contribution in [0.3, 0.4) is 0 Å². The minimum atomic E-state index is -0.252. The molecule has 3 aromatic rings. The second-order valence-electron chi connectivity index (χ2n) is 6.66. The summed E-state index contributed by atoms with van der Waals surface area (Å²) < 4.78 is 17.4. The first-order valence-electron chi connectivity index (χ1n) is 8.73. The van der Waals surface area contributed by atoms with E-state index in [9.17, 15) is 4.39 Å². The van der Waals surface area contributed by atoms with Crippen LogP contribution in [0, 0.1) is 12.7 Å². The Hall–Kier alpha value is -3.05. The lowest BCUT2D eigenvalue weighted by Gasteiger charge is -2.06. The fourth-order valence-corrected chi connectivity index (χ4v) is 4.36. The molecule has 0 aliphatic carbocycles. The quantitative estimate of drug-likeness (QED) is 0.402. The third-order valence-electron chi connectivity index (χ3n) is 4.61. The molecule has 0 amide bonds. The first-order valence-corrected chi connectivity index (χ1v) is 9.55. The Morgan fingerprint density at radius 1 is 1.00 bits per heavy atom. The van der Waals surface area contributed by atoms with Crippen molar-refractivity contribution in [2.45, 2.75) is 13.5 Å². The Kier molecular flexibility index (Phi) is 3.76. The number of nitrogens with zero attached hydrogens (tertiary/aromatic N) is 3. The van der Waals surface area contributed by atoms with Crippen LogP contribution < -0.4 is 0 Å².